The van der Waals surface area contributed by atoms with Crippen molar-refractivity contribution < 1.29 is 14.3 Å². The number of halogens is 2. The van der Waals surface area contributed by atoms with Gasteiger partial charge in [-0.25, -0.2) is 0 Å². The van der Waals surface area contributed by atoms with Crippen LogP contribution in [0.5, 0.6) is 0 Å². The number of amides is 2. The van der Waals surface area contributed by atoms with Crippen molar-refractivity contribution in [3.8, 4) is 0 Å². The standard InChI is InChI=1S/C18H12BrClN2O3/c19-7-15(23)21-11-2-3-12-9(5-11)8-25-17(12)16-13-6-10(20)1-4-14(13)22-18(16)24/h1-6H,7-8H2,(H,21,23)(H,22,24). The molecule has 0 bridgehead atoms. The van der Waals surface area contributed by atoms with Crippen LogP contribution >= 0.6 is 27.5 Å². The second-order valence-corrected chi connectivity index (χ2v) is 6.69. The number of alkyl halides is 1. The van der Waals surface area contributed by atoms with Gasteiger partial charge in [0.05, 0.1) is 10.9 Å². The van der Waals surface area contributed by atoms with Crippen LogP contribution in [0.25, 0.3) is 11.3 Å². The van der Waals surface area contributed by atoms with Crippen molar-refractivity contribution in [3.63, 3.8) is 0 Å². The molecule has 7 heteroatoms. The van der Waals surface area contributed by atoms with E-state index < -0.39 is 0 Å². The van der Waals surface area contributed by atoms with Gasteiger partial charge < -0.3 is 15.4 Å². The summed E-state index contributed by atoms with van der Waals surface area (Å²) in [5.74, 6) is 0.194. The van der Waals surface area contributed by atoms with Gasteiger partial charge in [0, 0.05) is 33.1 Å². The monoisotopic (exact) mass is 418 g/mol. The van der Waals surface area contributed by atoms with Gasteiger partial charge in [-0.05, 0) is 36.4 Å². The van der Waals surface area contributed by atoms with Gasteiger partial charge in [0.15, 0.2) is 0 Å². The number of hydrogen-bond acceptors (Lipinski definition) is 3. The minimum absolute atomic E-state index is 0.129. The number of ether oxygens (including phenoxy) is 1. The van der Waals surface area contributed by atoms with Crippen LogP contribution < -0.4 is 10.6 Å². The van der Waals surface area contributed by atoms with Gasteiger partial charge in [-0.1, -0.05) is 27.5 Å². The van der Waals surface area contributed by atoms with Crippen LogP contribution in [0, 0.1) is 0 Å². The molecule has 4 rings (SSSR count). The summed E-state index contributed by atoms with van der Waals surface area (Å²) in [7, 11) is 0. The van der Waals surface area contributed by atoms with E-state index in [9.17, 15) is 9.59 Å². The van der Waals surface area contributed by atoms with Crippen LogP contribution in [0.4, 0.5) is 11.4 Å². The van der Waals surface area contributed by atoms with E-state index in [0.717, 1.165) is 22.4 Å². The zero-order chi connectivity index (χ0) is 17.6. The van der Waals surface area contributed by atoms with Gasteiger partial charge in [-0.2, -0.15) is 0 Å². The van der Waals surface area contributed by atoms with Gasteiger partial charge in [-0.15, -0.1) is 0 Å². The fourth-order valence-corrected chi connectivity index (χ4v) is 3.32. The third-order valence-corrected chi connectivity index (χ3v) is 4.82. The zero-order valence-electron chi connectivity index (χ0n) is 12.9. The zero-order valence-corrected chi connectivity index (χ0v) is 15.2. The number of anilines is 2. The molecular weight excluding hydrogens is 408 g/mol. The Kier molecular flexibility index (Phi) is 4.01. The van der Waals surface area contributed by atoms with Crippen molar-refractivity contribution in [2.45, 2.75) is 6.61 Å². The number of rotatable bonds is 2. The normalized spacial score (nSPS) is 17.6. The van der Waals surface area contributed by atoms with Crippen molar-refractivity contribution in [2.24, 2.45) is 0 Å². The molecule has 2 heterocycles. The first-order chi connectivity index (χ1) is 12.1. The summed E-state index contributed by atoms with van der Waals surface area (Å²) in [5.41, 5.74) is 4.38. The quantitative estimate of drug-likeness (QED) is 0.571. The topological polar surface area (TPSA) is 67.4 Å². The largest absolute Gasteiger partial charge is 0.487 e. The fourth-order valence-electron chi connectivity index (χ4n) is 3.01. The lowest BCUT2D eigenvalue weighted by Gasteiger charge is -2.07. The lowest BCUT2D eigenvalue weighted by molar-refractivity contribution is -0.113. The van der Waals surface area contributed by atoms with Crippen LogP contribution in [0.15, 0.2) is 36.4 Å². The molecule has 5 nitrogen and oxygen atoms in total. The summed E-state index contributed by atoms with van der Waals surface area (Å²) in [6.45, 7) is 0.343. The Morgan fingerprint density at radius 3 is 2.88 bits per heavy atom. The van der Waals surface area contributed by atoms with Gasteiger partial charge in [0.25, 0.3) is 5.91 Å². The first kappa shape index (κ1) is 16.2. The molecule has 0 saturated heterocycles. The number of hydrogen-bond donors (Lipinski definition) is 2. The van der Waals surface area contributed by atoms with Crippen LogP contribution in [-0.2, 0) is 20.9 Å². The van der Waals surface area contributed by atoms with Gasteiger partial charge in [-0.3, -0.25) is 9.59 Å². The third kappa shape index (κ3) is 2.81. The molecule has 0 aromatic heterocycles. The van der Waals surface area contributed by atoms with Crippen LogP contribution in [0.2, 0.25) is 5.02 Å². The third-order valence-electron chi connectivity index (χ3n) is 4.08. The molecule has 2 N–H and O–H groups in total. The average molecular weight is 420 g/mol. The Morgan fingerprint density at radius 2 is 2.08 bits per heavy atom. The molecule has 25 heavy (non-hydrogen) atoms. The van der Waals surface area contributed by atoms with E-state index in [1.165, 1.54) is 0 Å². The van der Waals surface area contributed by atoms with Crippen LogP contribution in [0.3, 0.4) is 0 Å². The number of nitrogens with one attached hydrogen (secondary N) is 2. The summed E-state index contributed by atoms with van der Waals surface area (Å²) in [6.07, 6.45) is 0. The van der Waals surface area contributed by atoms with Crippen molar-refractivity contribution >= 4 is 62.1 Å². The van der Waals surface area contributed by atoms with Crippen molar-refractivity contribution in [3.05, 3.63) is 58.1 Å². The highest BCUT2D eigenvalue weighted by Gasteiger charge is 2.32. The Labute approximate surface area is 157 Å². The first-order valence-corrected chi connectivity index (χ1v) is 9.04. The molecule has 2 amide bonds. The Bertz CT molecular complexity index is 955. The number of fused-ring (bicyclic) bond motifs is 2. The summed E-state index contributed by atoms with van der Waals surface area (Å²) in [4.78, 5) is 23.9. The molecule has 0 aliphatic carbocycles. The molecule has 0 spiro atoms. The smallest absolute Gasteiger partial charge is 0.260 e. The van der Waals surface area contributed by atoms with Gasteiger partial charge >= 0.3 is 0 Å². The molecule has 0 unspecified atom stereocenters. The number of carbonyl (C=O) groups is 2. The minimum Gasteiger partial charge on any atom is -0.487 e. The second-order valence-electron chi connectivity index (χ2n) is 5.69. The van der Waals surface area contributed by atoms with E-state index in [1.807, 2.05) is 12.1 Å². The van der Waals surface area contributed by atoms with Crippen LogP contribution in [0.1, 0.15) is 16.7 Å². The molecule has 0 fully saturated rings. The van der Waals surface area contributed by atoms with Crippen molar-refractivity contribution in [2.75, 3.05) is 16.0 Å². The van der Waals surface area contributed by atoms with E-state index >= 15 is 0 Å². The average Bonchev–Trinajstić information content (AvgIpc) is 3.14. The summed E-state index contributed by atoms with van der Waals surface area (Å²) in [5, 5.41) is 6.40. The SMILES string of the molecule is O=C(CBr)Nc1ccc2c(c1)COC2=C1C(=O)Nc2ccc(Cl)cc21. The van der Waals surface area contributed by atoms with E-state index in [1.54, 1.807) is 24.3 Å². The minimum atomic E-state index is -0.211. The van der Waals surface area contributed by atoms with Gasteiger partial charge in [0.2, 0.25) is 5.91 Å². The maximum Gasteiger partial charge on any atom is 0.260 e. The molecule has 2 aliphatic rings. The molecule has 2 aromatic carbocycles. The predicted octanol–water partition coefficient (Wildman–Crippen LogP) is 4.02. The number of carbonyl (C=O) groups excluding carboxylic acids is 2. The Balaban J connectivity index is 1.78. The summed E-state index contributed by atoms with van der Waals surface area (Å²) < 4.78 is 5.81. The molecule has 0 radical (unpaired) electrons. The molecule has 126 valence electrons. The first-order valence-electron chi connectivity index (χ1n) is 7.54. The highest BCUT2D eigenvalue weighted by Crippen LogP contribution is 2.42. The molecule has 2 aliphatic heterocycles. The fraction of sp³-hybridized carbons (Fsp3) is 0.111. The molecule has 0 atom stereocenters. The van der Waals surface area contributed by atoms with Crippen LogP contribution in [-0.4, -0.2) is 17.1 Å². The molecular formula is C18H12BrClN2O3. The lowest BCUT2D eigenvalue weighted by atomic mass is 10.00. The maximum absolute atomic E-state index is 12.4. The van der Waals surface area contributed by atoms with E-state index in [0.29, 0.717) is 28.6 Å². The van der Waals surface area contributed by atoms with Gasteiger partial charge in [0.1, 0.15) is 12.4 Å². The number of benzene rings is 2. The van der Waals surface area contributed by atoms with Crippen molar-refractivity contribution in [1.82, 2.24) is 0 Å². The molecule has 2 aromatic rings. The Hall–Kier alpha value is -2.31. The van der Waals surface area contributed by atoms with E-state index in [-0.39, 0.29) is 17.1 Å². The summed E-state index contributed by atoms with van der Waals surface area (Å²) in [6, 6.07) is 10.8. The predicted molar refractivity (Wildman–Crippen MR) is 101 cm³/mol. The van der Waals surface area contributed by atoms with Crippen molar-refractivity contribution in [1.29, 1.82) is 0 Å². The highest BCUT2D eigenvalue weighted by atomic mass is 79.9. The second kappa shape index (κ2) is 6.20. The van der Waals surface area contributed by atoms with E-state index in [2.05, 4.69) is 26.6 Å². The van der Waals surface area contributed by atoms with E-state index in [4.69, 9.17) is 16.3 Å². The Morgan fingerprint density at radius 1 is 1.24 bits per heavy atom. The molecule has 0 saturated carbocycles. The highest BCUT2D eigenvalue weighted by molar-refractivity contribution is 9.09. The lowest BCUT2D eigenvalue weighted by Crippen LogP contribution is -2.12. The maximum atomic E-state index is 12.4. The summed E-state index contributed by atoms with van der Waals surface area (Å²) >= 11 is 9.20.